The van der Waals surface area contributed by atoms with Crippen molar-refractivity contribution in [3.05, 3.63) is 0 Å². The molecule has 0 aromatic heterocycles. The van der Waals surface area contributed by atoms with Gasteiger partial charge in [0.25, 0.3) is 0 Å². The molecule has 0 aromatic carbocycles. The smallest absolute Gasteiger partial charge is 0.190 e. The second-order valence-corrected chi connectivity index (χ2v) is 5.93. The van der Waals surface area contributed by atoms with Crippen molar-refractivity contribution in [3.63, 3.8) is 0 Å². The Labute approximate surface area is 120 Å². The molecule has 0 spiro atoms. The second-order valence-electron chi connectivity index (χ2n) is 5.93. The number of rotatable bonds is 1. The van der Waals surface area contributed by atoms with Gasteiger partial charge in [-0.1, -0.05) is 13.8 Å². The average Bonchev–Trinajstić information content (AvgIpc) is 2.95. The fraction of sp³-hybridized carbons (Fsp3) is 1.00. The molecule has 3 aliphatic rings. The van der Waals surface area contributed by atoms with Crippen LogP contribution in [-0.4, -0.2) is 54.0 Å². The Kier molecular flexibility index (Phi) is 4.45. The van der Waals surface area contributed by atoms with Crippen molar-refractivity contribution >= 4 is 0 Å². The van der Waals surface area contributed by atoms with Crippen LogP contribution in [0.15, 0.2) is 0 Å². The van der Waals surface area contributed by atoms with Crippen molar-refractivity contribution < 1.29 is 28.8 Å². The number of fused-ring (bicyclic) bond motifs is 1. The Bertz CT molecular complexity index is 343. The van der Waals surface area contributed by atoms with Crippen LogP contribution >= 0.6 is 0 Å². The van der Waals surface area contributed by atoms with Gasteiger partial charge in [0.05, 0.1) is 6.61 Å². The Morgan fingerprint density at radius 1 is 0.900 bits per heavy atom. The molecule has 20 heavy (non-hydrogen) atoms. The number of ether oxygens (including phenoxy) is 5. The standard InChI is InChI=1S/C12H20O6.C2H6/c1-11(2)14-5-6(16-11)8-7(13)9-10(15-8)18-12(3,4)17-9;1-2/h6-10,13H,5H2,1-4H3;1-2H3/t6?,7-,8?,9-,10?;/m1./s1. The van der Waals surface area contributed by atoms with Crippen LogP contribution in [0.4, 0.5) is 0 Å². The third-order valence-electron chi connectivity index (χ3n) is 3.45. The summed E-state index contributed by atoms with van der Waals surface area (Å²) >= 11 is 0. The SMILES string of the molecule is CC.CC1(C)OCC(C2OC3OC(C)(C)O[C@@H]3[C@@H]2O)O1. The lowest BCUT2D eigenvalue weighted by Crippen LogP contribution is -2.42. The number of hydrogen-bond donors (Lipinski definition) is 1. The third-order valence-corrected chi connectivity index (χ3v) is 3.45. The van der Waals surface area contributed by atoms with E-state index in [1.165, 1.54) is 0 Å². The number of aliphatic hydroxyl groups is 1. The number of aliphatic hydroxyl groups excluding tert-OH is 1. The summed E-state index contributed by atoms with van der Waals surface area (Å²) < 4.78 is 28.1. The van der Waals surface area contributed by atoms with Crippen molar-refractivity contribution in [2.75, 3.05) is 6.61 Å². The van der Waals surface area contributed by atoms with Crippen molar-refractivity contribution in [1.29, 1.82) is 0 Å². The molecular weight excluding hydrogens is 264 g/mol. The first-order valence-corrected chi connectivity index (χ1v) is 7.28. The molecule has 6 heteroatoms. The highest BCUT2D eigenvalue weighted by Gasteiger charge is 2.57. The highest BCUT2D eigenvalue weighted by atomic mass is 16.8. The average molecular weight is 290 g/mol. The molecule has 3 rings (SSSR count). The molecule has 6 nitrogen and oxygen atoms in total. The van der Waals surface area contributed by atoms with E-state index in [0.717, 1.165) is 0 Å². The first-order chi connectivity index (χ1) is 9.27. The van der Waals surface area contributed by atoms with Crippen LogP contribution in [-0.2, 0) is 23.7 Å². The molecule has 1 N–H and O–H groups in total. The van der Waals surface area contributed by atoms with E-state index in [0.29, 0.717) is 6.61 Å². The minimum Gasteiger partial charge on any atom is -0.387 e. The maximum Gasteiger partial charge on any atom is 0.190 e. The first kappa shape index (κ1) is 16.1. The van der Waals surface area contributed by atoms with Crippen molar-refractivity contribution in [2.45, 2.75) is 83.8 Å². The lowest BCUT2D eigenvalue weighted by atomic mass is 10.1. The molecule has 0 bridgehead atoms. The summed E-state index contributed by atoms with van der Waals surface area (Å²) in [4.78, 5) is 0. The van der Waals surface area contributed by atoms with E-state index in [9.17, 15) is 5.11 Å². The Balaban J connectivity index is 0.000000704. The van der Waals surface area contributed by atoms with Crippen LogP contribution in [0.2, 0.25) is 0 Å². The van der Waals surface area contributed by atoms with Crippen LogP contribution in [0.3, 0.4) is 0 Å². The van der Waals surface area contributed by atoms with Gasteiger partial charge in [-0.3, -0.25) is 0 Å². The molecule has 118 valence electrons. The summed E-state index contributed by atoms with van der Waals surface area (Å²) in [5, 5.41) is 10.3. The van der Waals surface area contributed by atoms with E-state index in [1.54, 1.807) is 13.8 Å². The predicted octanol–water partition coefficient (Wildman–Crippen LogP) is 1.40. The van der Waals surface area contributed by atoms with Gasteiger partial charge < -0.3 is 28.8 Å². The van der Waals surface area contributed by atoms with E-state index in [-0.39, 0.29) is 6.10 Å². The monoisotopic (exact) mass is 290 g/mol. The van der Waals surface area contributed by atoms with Crippen LogP contribution in [0.5, 0.6) is 0 Å². The predicted molar refractivity (Wildman–Crippen MR) is 71.0 cm³/mol. The number of hydrogen-bond acceptors (Lipinski definition) is 6. The van der Waals surface area contributed by atoms with Gasteiger partial charge in [-0.2, -0.15) is 0 Å². The highest BCUT2D eigenvalue weighted by Crippen LogP contribution is 2.40. The van der Waals surface area contributed by atoms with E-state index in [2.05, 4.69) is 0 Å². The van der Waals surface area contributed by atoms with Crippen LogP contribution in [0.25, 0.3) is 0 Å². The van der Waals surface area contributed by atoms with Gasteiger partial charge >= 0.3 is 0 Å². The summed E-state index contributed by atoms with van der Waals surface area (Å²) in [6, 6.07) is 0. The first-order valence-electron chi connectivity index (χ1n) is 7.28. The zero-order valence-electron chi connectivity index (χ0n) is 13.1. The molecule has 0 radical (unpaired) electrons. The highest BCUT2D eigenvalue weighted by molar-refractivity contribution is 4.97. The fourth-order valence-electron chi connectivity index (χ4n) is 2.70. The van der Waals surface area contributed by atoms with Crippen molar-refractivity contribution in [2.24, 2.45) is 0 Å². The second kappa shape index (κ2) is 5.51. The fourth-order valence-corrected chi connectivity index (χ4v) is 2.70. The van der Waals surface area contributed by atoms with Gasteiger partial charge in [-0.25, -0.2) is 0 Å². The molecule has 3 unspecified atom stereocenters. The maximum absolute atomic E-state index is 10.3. The topological polar surface area (TPSA) is 66.4 Å². The third kappa shape index (κ3) is 3.00. The molecule has 3 aliphatic heterocycles. The molecule has 3 heterocycles. The molecule has 0 amide bonds. The van der Waals surface area contributed by atoms with Crippen molar-refractivity contribution in [3.8, 4) is 0 Å². The molecule has 3 saturated heterocycles. The lowest BCUT2D eigenvalue weighted by Gasteiger charge is -2.26. The van der Waals surface area contributed by atoms with Gasteiger partial charge in [0.2, 0.25) is 0 Å². The van der Waals surface area contributed by atoms with Crippen LogP contribution in [0.1, 0.15) is 41.5 Å². The minimum absolute atomic E-state index is 0.295. The van der Waals surface area contributed by atoms with E-state index < -0.39 is 36.2 Å². The molecule has 5 atom stereocenters. The summed E-state index contributed by atoms with van der Waals surface area (Å²) in [6.45, 7) is 11.7. The van der Waals surface area contributed by atoms with E-state index >= 15 is 0 Å². The molecule has 0 aliphatic carbocycles. The summed E-state index contributed by atoms with van der Waals surface area (Å²) in [5.41, 5.74) is 0. The van der Waals surface area contributed by atoms with E-state index in [4.69, 9.17) is 23.7 Å². The Morgan fingerprint density at radius 2 is 1.55 bits per heavy atom. The summed E-state index contributed by atoms with van der Waals surface area (Å²) in [7, 11) is 0. The molecular formula is C14H26O6. The zero-order chi connectivity index (χ0) is 15.1. The van der Waals surface area contributed by atoms with Gasteiger partial charge in [0.1, 0.15) is 24.4 Å². The summed E-state index contributed by atoms with van der Waals surface area (Å²) in [6.07, 6.45) is -2.53. The molecule has 0 aromatic rings. The van der Waals surface area contributed by atoms with Gasteiger partial charge in [-0.05, 0) is 27.7 Å². The summed E-state index contributed by atoms with van der Waals surface area (Å²) in [5.74, 6) is -1.35. The molecule has 3 fully saturated rings. The lowest BCUT2D eigenvalue weighted by molar-refractivity contribution is -0.232. The van der Waals surface area contributed by atoms with E-state index in [1.807, 2.05) is 27.7 Å². The normalized spacial score (nSPS) is 44.9. The Morgan fingerprint density at radius 3 is 2.05 bits per heavy atom. The Hall–Kier alpha value is -0.240. The van der Waals surface area contributed by atoms with Crippen LogP contribution < -0.4 is 0 Å². The van der Waals surface area contributed by atoms with Gasteiger partial charge in [0, 0.05) is 0 Å². The van der Waals surface area contributed by atoms with Crippen LogP contribution in [0, 0.1) is 0 Å². The zero-order valence-corrected chi connectivity index (χ0v) is 13.1. The minimum atomic E-state index is -0.765. The quantitative estimate of drug-likeness (QED) is 0.787. The molecule has 0 saturated carbocycles. The van der Waals surface area contributed by atoms with Gasteiger partial charge in [-0.15, -0.1) is 0 Å². The van der Waals surface area contributed by atoms with Gasteiger partial charge in [0.15, 0.2) is 17.9 Å². The van der Waals surface area contributed by atoms with Crippen molar-refractivity contribution in [1.82, 2.24) is 0 Å². The largest absolute Gasteiger partial charge is 0.387 e. The maximum atomic E-state index is 10.3.